The number of hydroxylamine groups is 2. The Kier molecular flexibility index (Phi) is 10.0. The van der Waals surface area contributed by atoms with E-state index in [-0.39, 0.29) is 62.0 Å². The highest BCUT2D eigenvalue weighted by atomic mass is 19.4. The fraction of sp³-hybridized carbons (Fsp3) is 0.424. The number of carbonyl (C=O) groups is 1. The monoisotopic (exact) mass is 698 g/mol. The van der Waals surface area contributed by atoms with Gasteiger partial charge in [-0.05, 0) is 50.7 Å². The van der Waals surface area contributed by atoms with E-state index in [0.29, 0.717) is 10.5 Å². The number of halogens is 4. The molecule has 2 fully saturated rings. The Morgan fingerprint density at radius 2 is 1.86 bits per heavy atom. The number of nitriles is 1. The van der Waals surface area contributed by atoms with Gasteiger partial charge in [-0.2, -0.15) is 28.4 Å². The van der Waals surface area contributed by atoms with E-state index in [1.54, 1.807) is 35.2 Å². The second-order valence-corrected chi connectivity index (χ2v) is 12.0. The number of likely N-dealkylation sites (N-methyl/N-ethyl adjacent to an activating group) is 1. The fourth-order valence-corrected chi connectivity index (χ4v) is 6.25. The summed E-state index contributed by atoms with van der Waals surface area (Å²) in [6.45, 7) is 1.10. The number of methoxy groups -OCH3 is 1. The number of aliphatic hydroxyl groups excluding tert-OH is 1. The van der Waals surface area contributed by atoms with Crippen LogP contribution >= 0.6 is 0 Å². The van der Waals surface area contributed by atoms with Crippen molar-refractivity contribution in [1.82, 2.24) is 19.9 Å². The largest absolute Gasteiger partial charge is 0.494 e. The maximum absolute atomic E-state index is 15.3. The first-order chi connectivity index (χ1) is 24.0. The lowest BCUT2D eigenvalue weighted by molar-refractivity contribution is -0.140. The molecule has 3 aliphatic rings. The van der Waals surface area contributed by atoms with Gasteiger partial charge in [0.1, 0.15) is 29.4 Å². The van der Waals surface area contributed by atoms with Crippen LogP contribution in [-0.4, -0.2) is 102 Å². The number of para-hydroxylation sites is 1. The highest BCUT2D eigenvalue weighted by Crippen LogP contribution is 2.47. The zero-order valence-electron chi connectivity index (χ0n) is 27.2. The first-order valence-electron chi connectivity index (χ1n) is 15.9. The van der Waals surface area contributed by atoms with Gasteiger partial charge in [0.05, 0.1) is 37.7 Å². The van der Waals surface area contributed by atoms with Crippen molar-refractivity contribution >= 4 is 29.0 Å². The van der Waals surface area contributed by atoms with Crippen LogP contribution in [0.4, 0.5) is 34.8 Å². The SMILES string of the molecule is COc1cccc(F)c1N1C(C(F)(F)F)=Nc2c(nc(OCC3CCCN3C)nc2N2CCN(OC(=O)c3ccccc3)[C@@H](CC#N)C2)C1O. The van der Waals surface area contributed by atoms with Crippen LogP contribution < -0.4 is 19.3 Å². The number of aliphatic imine (C=N–C) groups is 1. The van der Waals surface area contributed by atoms with E-state index in [0.717, 1.165) is 32.6 Å². The molecule has 1 aromatic heterocycles. The van der Waals surface area contributed by atoms with Gasteiger partial charge in [-0.25, -0.2) is 14.2 Å². The van der Waals surface area contributed by atoms with Crippen molar-refractivity contribution in [3.63, 3.8) is 0 Å². The number of hydrogen-bond acceptors (Lipinski definition) is 13. The number of anilines is 2. The highest BCUT2D eigenvalue weighted by molar-refractivity contribution is 6.06. The molecule has 3 aromatic rings. The van der Waals surface area contributed by atoms with Gasteiger partial charge in [0.2, 0.25) is 5.84 Å². The minimum atomic E-state index is -5.18. The van der Waals surface area contributed by atoms with Crippen molar-refractivity contribution < 1.29 is 41.8 Å². The van der Waals surface area contributed by atoms with Crippen LogP contribution in [0.2, 0.25) is 0 Å². The molecule has 0 radical (unpaired) electrons. The van der Waals surface area contributed by atoms with Crippen LogP contribution in [0.25, 0.3) is 0 Å². The Labute approximate surface area is 284 Å². The molecule has 2 aromatic carbocycles. The molecule has 264 valence electrons. The topological polar surface area (TPSA) is 140 Å². The summed E-state index contributed by atoms with van der Waals surface area (Å²) in [6, 6.07) is 12.8. The number of aromatic nitrogens is 2. The lowest BCUT2D eigenvalue weighted by atomic mass is 10.1. The number of ether oxygens (including phenoxy) is 2. The molecule has 2 saturated heterocycles. The first-order valence-corrected chi connectivity index (χ1v) is 15.9. The third-order valence-corrected chi connectivity index (χ3v) is 8.81. The van der Waals surface area contributed by atoms with Crippen molar-refractivity contribution in [2.45, 2.75) is 43.8 Å². The van der Waals surface area contributed by atoms with E-state index in [2.05, 4.69) is 25.9 Å². The maximum atomic E-state index is 15.3. The summed E-state index contributed by atoms with van der Waals surface area (Å²) >= 11 is 0. The molecule has 0 spiro atoms. The third-order valence-electron chi connectivity index (χ3n) is 8.81. The van der Waals surface area contributed by atoms with Crippen molar-refractivity contribution in [1.29, 1.82) is 5.26 Å². The smallest absolute Gasteiger partial charge is 0.449 e. The van der Waals surface area contributed by atoms with E-state index >= 15 is 4.39 Å². The molecule has 2 unspecified atom stereocenters. The summed E-state index contributed by atoms with van der Waals surface area (Å²) in [7, 11) is 3.10. The Bertz CT molecular complexity index is 1790. The van der Waals surface area contributed by atoms with Crippen molar-refractivity contribution in [2.24, 2.45) is 4.99 Å². The standard InChI is InChI=1S/C33H34F4N8O5/c1-42-15-7-10-22(42)19-49-32-40-26-25(39-31(33(35,36)37)45(29(26)46)27-23(34)11-6-12-24(27)48-2)28(41-32)43-16-17-44(21(18-43)13-14-38)50-30(47)20-8-4-3-5-9-20/h3-6,8-9,11-12,21-22,29,46H,7,10,13,15-19H2,1-2H3/t21-,22?,29?/m0/s1. The summed E-state index contributed by atoms with van der Waals surface area (Å²) in [5.41, 5.74) is -1.17. The number of amidine groups is 1. The minimum Gasteiger partial charge on any atom is -0.494 e. The van der Waals surface area contributed by atoms with E-state index in [9.17, 15) is 28.3 Å². The van der Waals surface area contributed by atoms with Gasteiger partial charge in [0, 0.05) is 19.1 Å². The second-order valence-electron chi connectivity index (χ2n) is 12.0. The zero-order valence-corrected chi connectivity index (χ0v) is 27.2. The van der Waals surface area contributed by atoms with Gasteiger partial charge in [0.25, 0.3) is 0 Å². The highest BCUT2D eigenvalue weighted by Gasteiger charge is 2.49. The first kappa shape index (κ1) is 34.8. The van der Waals surface area contributed by atoms with Gasteiger partial charge in [-0.3, -0.25) is 4.90 Å². The van der Waals surface area contributed by atoms with Gasteiger partial charge >= 0.3 is 18.2 Å². The average Bonchev–Trinajstić information content (AvgIpc) is 3.52. The van der Waals surface area contributed by atoms with Gasteiger partial charge < -0.3 is 29.2 Å². The molecule has 0 saturated carbocycles. The minimum absolute atomic E-state index is 0.0261. The molecule has 3 aliphatic heterocycles. The van der Waals surface area contributed by atoms with E-state index in [1.807, 2.05) is 7.05 Å². The number of likely N-dealkylation sites (tertiary alicyclic amines) is 1. The summed E-state index contributed by atoms with van der Waals surface area (Å²) in [5, 5.41) is 22.6. The van der Waals surface area contributed by atoms with Crippen LogP contribution in [0.15, 0.2) is 53.5 Å². The predicted octanol–water partition coefficient (Wildman–Crippen LogP) is 4.38. The molecule has 3 atom stereocenters. The molecule has 0 bridgehead atoms. The Morgan fingerprint density at radius 3 is 2.54 bits per heavy atom. The summed E-state index contributed by atoms with van der Waals surface area (Å²) in [4.78, 5) is 35.2. The molecule has 6 rings (SSSR count). The molecule has 50 heavy (non-hydrogen) atoms. The lowest BCUT2D eigenvalue weighted by Gasteiger charge is -2.41. The number of rotatable bonds is 9. The molecule has 0 aliphatic carbocycles. The number of fused-ring (bicyclic) bond motifs is 1. The fourth-order valence-electron chi connectivity index (χ4n) is 6.25. The number of hydrogen-bond donors (Lipinski definition) is 1. The van der Waals surface area contributed by atoms with Gasteiger partial charge in [-0.15, -0.1) is 5.06 Å². The van der Waals surface area contributed by atoms with Crippen LogP contribution in [0.5, 0.6) is 11.8 Å². The van der Waals surface area contributed by atoms with Crippen molar-refractivity contribution in [3.05, 3.63) is 65.6 Å². The average molecular weight is 699 g/mol. The van der Waals surface area contributed by atoms with Crippen molar-refractivity contribution in [3.8, 4) is 17.8 Å². The van der Waals surface area contributed by atoms with E-state index in [4.69, 9.17) is 14.3 Å². The van der Waals surface area contributed by atoms with Crippen LogP contribution in [0.1, 0.15) is 41.5 Å². The van der Waals surface area contributed by atoms with E-state index in [1.165, 1.54) is 17.2 Å². The molecular weight excluding hydrogens is 664 g/mol. The Balaban J connectivity index is 1.41. The lowest BCUT2D eigenvalue weighted by Crippen LogP contribution is -2.54. The zero-order chi connectivity index (χ0) is 35.6. The van der Waals surface area contributed by atoms with Crippen LogP contribution in [0, 0.1) is 17.1 Å². The Hall–Kier alpha value is -5.05. The molecule has 0 amide bonds. The molecule has 17 heteroatoms. The number of benzene rings is 2. The number of piperazine rings is 1. The second kappa shape index (κ2) is 14.4. The predicted molar refractivity (Wildman–Crippen MR) is 172 cm³/mol. The number of nitrogens with zero attached hydrogens (tertiary/aromatic N) is 8. The summed E-state index contributed by atoms with van der Waals surface area (Å²) < 4.78 is 70.7. The van der Waals surface area contributed by atoms with Gasteiger partial charge in [-0.1, -0.05) is 24.3 Å². The number of carbonyl (C=O) groups excluding carboxylic acids is 1. The van der Waals surface area contributed by atoms with E-state index < -0.39 is 47.4 Å². The van der Waals surface area contributed by atoms with Crippen LogP contribution in [0.3, 0.4) is 0 Å². The van der Waals surface area contributed by atoms with Crippen molar-refractivity contribution in [2.75, 3.05) is 56.7 Å². The third kappa shape index (κ3) is 6.99. The quantitative estimate of drug-likeness (QED) is 0.318. The summed E-state index contributed by atoms with van der Waals surface area (Å²) in [6.07, 6.45) is -5.70. The van der Waals surface area contributed by atoms with Gasteiger partial charge in [0.15, 0.2) is 17.9 Å². The number of alkyl halides is 3. The summed E-state index contributed by atoms with van der Waals surface area (Å²) in [5.74, 6) is -3.75. The molecule has 1 N–H and O–H groups in total. The van der Waals surface area contributed by atoms with Crippen LogP contribution in [-0.2, 0) is 4.84 Å². The maximum Gasteiger partial charge on any atom is 0.449 e. The number of aliphatic hydroxyl groups is 1. The molecule has 13 nitrogen and oxygen atoms in total. The molecular formula is C33H34F4N8O5. The Morgan fingerprint density at radius 1 is 1.08 bits per heavy atom. The normalized spacial score (nSPS) is 21.3. The molecule has 4 heterocycles.